The largest absolute Gasteiger partial charge is 0.486 e. The molecule has 1 aliphatic rings. The quantitative estimate of drug-likeness (QED) is 0.751. The molecule has 1 N–H and O–H groups in total. The summed E-state index contributed by atoms with van der Waals surface area (Å²) in [5.41, 5.74) is 2.28. The number of hydrogen-bond donors (Lipinski definition) is 1. The number of aromatic nitrogens is 2. The van der Waals surface area contributed by atoms with Gasteiger partial charge in [0.1, 0.15) is 13.2 Å². The standard InChI is InChI=1S/C19H17N3O3S/c23-19(13-4-5-16-17(11-13)25-10-9-24-16)21-8-6-18-22-15(12-26-18)14-3-1-2-7-20-14/h1-5,7,11-12H,6,8-10H2,(H,21,23). The molecule has 3 heterocycles. The van der Waals surface area contributed by atoms with Crippen molar-refractivity contribution in [2.45, 2.75) is 6.42 Å². The van der Waals surface area contributed by atoms with E-state index in [0.29, 0.717) is 43.2 Å². The van der Waals surface area contributed by atoms with E-state index in [1.54, 1.807) is 35.7 Å². The fraction of sp³-hybridized carbons (Fsp3) is 0.211. The molecular weight excluding hydrogens is 350 g/mol. The van der Waals surface area contributed by atoms with Crippen LogP contribution in [0.25, 0.3) is 11.4 Å². The highest BCUT2D eigenvalue weighted by molar-refractivity contribution is 7.09. The van der Waals surface area contributed by atoms with Crippen molar-refractivity contribution < 1.29 is 14.3 Å². The number of hydrogen-bond acceptors (Lipinski definition) is 6. The van der Waals surface area contributed by atoms with Crippen LogP contribution in [0.2, 0.25) is 0 Å². The lowest BCUT2D eigenvalue weighted by Crippen LogP contribution is -2.26. The lowest BCUT2D eigenvalue weighted by Gasteiger charge is -2.18. The molecule has 6 nitrogen and oxygen atoms in total. The van der Waals surface area contributed by atoms with Gasteiger partial charge in [0.15, 0.2) is 11.5 Å². The zero-order valence-electron chi connectivity index (χ0n) is 14.0. The molecular formula is C19H17N3O3S. The molecule has 1 aromatic carbocycles. The van der Waals surface area contributed by atoms with E-state index in [1.807, 2.05) is 23.6 Å². The van der Waals surface area contributed by atoms with Crippen LogP contribution in [-0.4, -0.2) is 35.6 Å². The van der Waals surface area contributed by atoms with Crippen LogP contribution < -0.4 is 14.8 Å². The van der Waals surface area contributed by atoms with Gasteiger partial charge in [-0.2, -0.15) is 0 Å². The minimum Gasteiger partial charge on any atom is -0.486 e. The number of amides is 1. The van der Waals surface area contributed by atoms with Gasteiger partial charge >= 0.3 is 0 Å². The molecule has 0 spiro atoms. The maximum Gasteiger partial charge on any atom is 0.251 e. The first-order valence-corrected chi connectivity index (χ1v) is 9.21. The van der Waals surface area contributed by atoms with Crippen molar-refractivity contribution in [2.24, 2.45) is 0 Å². The summed E-state index contributed by atoms with van der Waals surface area (Å²) in [7, 11) is 0. The minimum atomic E-state index is -0.136. The molecule has 0 unspecified atom stereocenters. The van der Waals surface area contributed by atoms with E-state index in [2.05, 4.69) is 15.3 Å². The molecule has 0 saturated heterocycles. The monoisotopic (exact) mass is 367 g/mol. The van der Waals surface area contributed by atoms with Crippen molar-refractivity contribution in [2.75, 3.05) is 19.8 Å². The van der Waals surface area contributed by atoms with E-state index in [0.717, 1.165) is 16.4 Å². The summed E-state index contributed by atoms with van der Waals surface area (Å²) in [5, 5.41) is 5.87. The SMILES string of the molecule is O=C(NCCc1nc(-c2ccccn2)cs1)c1ccc2c(c1)OCCO2. The lowest BCUT2D eigenvalue weighted by molar-refractivity contribution is 0.0953. The van der Waals surface area contributed by atoms with E-state index < -0.39 is 0 Å². The minimum absolute atomic E-state index is 0.136. The van der Waals surface area contributed by atoms with Gasteiger partial charge in [-0.3, -0.25) is 9.78 Å². The maximum absolute atomic E-state index is 12.3. The fourth-order valence-electron chi connectivity index (χ4n) is 2.63. The highest BCUT2D eigenvalue weighted by Gasteiger charge is 2.15. The summed E-state index contributed by atoms with van der Waals surface area (Å²) in [6, 6.07) is 11.0. The fourth-order valence-corrected chi connectivity index (χ4v) is 3.42. The number of nitrogens with zero attached hydrogens (tertiary/aromatic N) is 2. The van der Waals surface area contributed by atoms with Gasteiger partial charge in [0, 0.05) is 30.1 Å². The van der Waals surface area contributed by atoms with Crippen molar-refractivity contribution in [3.05, 3.63) is 58.5 Å². The molecule has 1 aliphatic heterocycles. The molecule has 132 valence electrons. The molecule has 4 rings (SSSR count). The maximum atomic E-state index is 12.3. The van der Waals surface area contributed by atoms with Crippen molar-refractivity contribution in [1.82, 2.24) is 15.3 Å². The van der Waals surface area contributed by atoms with Crippen LogP contribution in [0.5, 0.6) is 11.5 Å². The van der Waals surface area contributed by atoms with Crippen molar-refractivity contribution >= 4 is 17.2 Å². The number of carbonyl (C=O) groups excluding carboxylic acids is 1. The second-order valence-electron chi connectivity index (χ2n) is 5.71. The smallest absolute Gasteiger partial charge is 0.251 e. The van der Waals surface area contributed by atoms with E-state index in [9.17, 15) is 4.79 Å². The number of rotatable bonds is 5. The average Bonchev–Trinajstić information content (AvgIpc) is 3.17. The number of benzene rings is 1. The number of nitrogens with one attached hydrogen (secondary N) is 1. The Labute approximate surface area is 154 Å². The van der Waals surface area contributed by atoms with Crippen molar-refractivity contribution in [3.63, 3.8) is 0 Å². The summed E-state index contributed by atoms with van der Waals surface area (Å²) in [5.74, 6) is 1.16. The number of fused-ring (bicyclic) bond motifs is 1. The third-order valence-electron chi connectivity index (χ3n) is 3.91. The summed E-state index contributed by atoms with van der Waals surface area (Å²) in [6.45, 7) is 1.55. The first-order chi connectivity index (χ1) is 12.8. The molecule has 7 heteroatoms. The Bertz CT molecular complexity index is 911. The van der Waals surface area contributed by atoms with Gasteiger partial charge in [-0.15, -0.1) is 11.3 Å². The van der Waals surface area contributed by atoms with Crippen molar-refractivity contribution in [1.29, 1.82) is 0 Å². The highest BCUT2D eigenvalue weighted by atomic mass is 32.1. The molecule has 2 aromatic heterocycles. The zero-order chi connectivity index (χ0) is 17.8. The summed E-state index contributed by atoms with van der Waals surface area (Å²) < 4.78 is 11.0. The summed E-state index contributed by atoms with van der Waals surface area (Å²) in [4.78, 5) is 21.2. The van der Waals surface area contributed by atoms with Crippen LogP contribution in [-0.2, 0) is 6.42 Å². The summed E-state index contributed by atoms with van der Waals surface area (Å²) >= 11 is 1.57. The third-order valence-corrected chi connectivity index (χ3v) is 4.82. The second-order valence-corrected chi connectivity index (χ2v) is 6.65. The Morgan fingerprint density at radius 1 is 1.12 bits per heavy atom. The molecule has 26 heavy (non-hydrogen) atoms. The van der Waals surface area contributed by atoms with Gasteiger partial charge in [0.2, 0.25) is 0 Å². The first kappa shape index (κ1) is 16.5. The first-order valence-electron chi connectivity index (χ1n) is 8.33. The van der Waals surface area contributed by atoms with Crippen LogP contribution in [0, 0.1) is 0 Å². The van der Waals surface area contributed by atoms with E-state index in [4.69, 9.17) is 9.47 Å². The molecule has 0 atom stereocenters. The predicted molar refractivity (Wildman–Crippen MR) is 98.8 cm³/mol. The number of pyridine rings is 1. The van der Waals surface area contributed by atoms with Crippen molar-refractivity contribution in [3.8, 4) is 22.9 Å². The zero-order valence-corrected chi connectivity index (χ0v) is 14.8. The molecule has 0 saturated carbocycles. The molecule has 0 radical (unpaired) electrons. The van der Waals surface area contributed by atoms with E-state index in [-0.39, 0.29) is 5.91 Å². The molecule has 0 aliphatic carbocycles. The van der Waals surface area contributed by atoms with Crippen LogP contribution in [0.3, 0.4) is 0 Å². The topological polar surface area (TPSA) is 73.3 Å². The van der Waals surface area contributed by atoms with Gasteiger partial charge in [0.25, 0.3) is 5.91 Å². The van der Waals surface area contributed by atoms with Crippen LogP contribution in [0.4, 0.5) is 0 Å². The van der Waals surface area contributed by atoms with Gasteiger partial charge in [-0.25, -0.2) is 4.98 Å². The Balaban J connectivity index is 1.33. The Morgan fingerprint density at radius 2 is 2.00 bits per heavy atom. The summed E-state index contributed by atoms with van der Waals surface area (Å²) in [6.07, 6.45) is 2.43. The number of ether oxygens (including phenoxy) is 2. The molecule has 3 aromatic rings. The normalized spacial score (nSPS) is 12.6. The van der Waals surface area contributed by atoms with E-state index in [1.165, 1.54) is 0 Å². The van der Waals surface area contributed by atoms with Crippen LogP contribution in [0.1, 0.15) is 15.4 Å². The molecule has 0 fully saturated rings. The number of carbonyl (C=O) groups is 1. The molecule has 0 bridgehead atoms. The second kappa shape index (κ2) is 7.53. The average molecular weight is 367 g/mol. The highest BCUT2D eigenvalue weighted by Crippen LogP contribution is 2.30. The van der Waals surface area contributed by atoms with Crippen LogP contribution >= 0.6 is 11.3 Å². The van der Waals surface area contributed by atoms with E-state index >= 15 is 0 Å². The van der Waals surface area contributed by atoms with Gasteiger partial charge in [0.05, 0.1) is 16.4 Å². The Kier molecular flexibility index (Phi) is 4.79. The predicted octanol–water partition coefficient (Wildman–Crippen LogP) is 2.95. The van der Waals surface area contributed by atoms with Crippen LogP contribution in [0.15, 0.2) is 48.0 Å². The van der Waals surface area contributed by atoms with Gasteiger partial charge in [-0.1, -0.05) is 6.07 Å². The number of thiazole rings is 1. The Morgan fingerprint density at radius 3 is 2.85 bits per heavy atom. The van der Waals surface area contributed by atoms with Gasteiger partial charge < -0.3 is 14.8 Å². The van der Waals surface area contributed by atoms with Gasteiger partial charge in [-0.05, 0) is 30.3 Å². The lowest BCUT2D eigenvalue weighted by atomic mass is 10.2. The third kappa shape index (κ3) is 3.67. The molecule has 1 amide bonds. The Hall–Kier alpha value is -2.93.